The highest BCUT2D eigenvalue weighted by molar-refractivity contribution is 5.69. The van der Waals surface area contributed by atoms with Crippen LogP contribution in [0.25, 0.3) is 0 Å². The summed E-state index contributed by atoms with van der Waals surface area (Å²) in [5, 5.41) is 1.88. The standard InChI is InChI=1S/C9H14F3NO2/c1-7(2,3)15-6(14)13-8(4-5-8)9(10,11)12/h4-5H2,1-3H3,(H,13,14). The molecule has 1 N–H and O–H groups in total. The maximum Gasteiger partial charge on any atom is 0.411 e. The summed E-state index contributed by atoms with van der Waals surface area (Å²) >= 11 is 0. The van der Waals surface area contributed by atoms with Gasteiger partial charge in [0.25, 0.3) is 0 Å². The number of rotatable bonds is 1. The second kappa shape index (κ2) is 3.28. The Morgan fingerprint density at radius 3 is 2.00 bits per heavy atom. The van der Waals surface area contributed by atoms with Crippen molar-refractivity contribution in [3.05, 3.63) is 0 Å². The summed E-state index contributed by atoms with van der Waals surface area (Å²) < 4.78 is 42.0. The smallest absolute Gasteiger partial charge is 0.411 e. The number of hydrogen-bond donors (Lipinski definition) is 1. The van der Waals surface area contributed by atoms with Gasteiger partial charge < -0.3 is 10.1 Å². The van der Waals surface area contributed by atoms with E-state index in [-0.39, 0.29) is 12.8 Å². The van der Waals surface area contributed by atoms with E-state index >= 15 is 0 Å². The summed E-state index contributed by atoms with van der Waals surface area (Å²) in [7, 11) is 0. The largest absolute Gasteiger partial charge is 0.444 e. The average molecular weight is 225 g/mol. The molecule has 1 aliphatic rings. The van der Waals surface area contributed by atoms with Gasteiger partial charge in [-0.25, -0.2) is 4.79 Å². The number of alkyl carbamates (subject to hydrolysis) is 1. The summed E-state index contributed by atoms with van der Waals surface area (Å²) in [6.07, 6.45) is -5.56. The first-order valence-corrected chi connectivity index (χ1v) is 4.64. The van der Waals surface area contributed by atoms with Crippen molar-refractivity contribution >= 4 is 6.09 Å². The lowest BCUT2D eigenvalue weighted by Crippen LogP contribution is -2.49. The van der Waals surface area contributed by atoms with Gasteiger partial charge in [-0.1, -0.05) is 0 Å². The predicted molar refractivity (Wildman–Crippen MR) is 47.4 cm³/mol. The van der Waals surface area contributed by atoms with Crippen molar-refractivity contribution in [3.8, 4) is 0 Å². The molecule has 88 valence electrons. The first-order chi connectivity index (χ1) is 6.56. The van der Waals surface area contributed by atoms with Gasteiger partial charge in [-0.15, -0.1) is 0 Å². The van der Waals surface area contributed by atoms with Crippen molar-refractivity contribution in [2.24, 2.45) is 0 Å². The van der Waals surface area contributed by atoms with Crippen LogP contribution in [0.4, 0.5) is 18.0 Å². The van der Waals surface area contributed by atoms with Crippen LogP contribution < -0.4 is 5.32 Å². The molecule has 0 aromatic heterocycles. The third kappa shape index (κ3) is 3.00. The number of halogens is 3. The normalized spacial score (nSPS) is 19.6. The van der Waals surface area contributed by atoms with E-state index in [1.807, 2.05) is 5.32 Å². The zero-order valence-electron chi connectivity index (χ0n) is 8.86. The van der Waals surface area contributed by atoms with Gasteiger partial charge in [0.1, 0.15) is 11.1 Å². The van der Waals surface area contributed by atoms with E-state index in [2.05, 4.69) is 0 Å². The highest BCUT2D eigenvalue weighted by Crippen LogP contribution is 2.48. The molecule has 0 aromatic rings. The first kappa shape index (κ1) is 12.1. The van der Waals surface area contributed by atoms with Crippen LogP contribution in [-0.2, 0) is 4.74 Å². The van der Waals surface area contributed by atoms with Gasteiger partial charge >= 0.3 is 12.3 Å². The van der Waals surface area contributed by atoms with Crippen molar-refractivity contribution < 1.29 is 22.7 Å². The van der Waals surface area contributed by atoms with Gasteiger partial charge in [-0.05, 0) is 33.6 Å². The maximum absolute atomic E-state index is 12.4. The Labute approximate surface area is 86.0 Å². The number of carbonyl (C=O) groups is 1. The number of carbonyl (C=O) groups excluding carboxylic acids is 1. The molecule has 0 heterocycles. The minimum atomic E-state index is -4.40. The molecule has 1 rings (SSSR count). The molecule has 0 saturated heterocycles. The van der Waals surface area contributed by atoms with Crippen LogP contribution in [0.15, 0.2) is 0 Å². The number of amides is 1. The molecule has 0 unspecified atom stereocenters. The SMILES string of the molecule is CC(C)(C)OC(=O)NC1(C(F)(F)F)CC1. The van der Waals surface area contributed by atoms with E-state index < -0.39 is 23.4 Å². The molecular formula is C9H14F3NO2. The lowest BCUT2D eigenvalue weighted by atomic mass is 10.2. The molecule has 6 heteroatoms. The molecule has 0 atom stereocenters. The third-order valence-corrected chi connectivity index (χ3v) is 2.03. The van der Waals surface area contributed by atoms with Gasteiger partial charge in [0.15, 0.2) is 0 Å². The van der Waals surface area contributed by atoms with Crippen molar-refractivity contribution in [1.82, 2.24) is 5.32 Å². The Hall–Kier alpha value is -0.940. The Kier molecular flexibility index (Phi) is 2.65. The summed E-state index contributed by atoms with van der Waals surface area (Å²) in [6.45, 7) is 4.79. The first-order valence-electron chi connectivity index (χ1n) is 4.64. The monoisotopic (exact) mass is 225 g/mol. The molecule has 15 heavy (non-hydrogen) atoms. The fourth-order valence-corrected chi connectivity index (χ4v) is 1.10. The second-order valence-electron chi connectivity index (χ2n) is 4.71. The van der Waals surface area contributed by atoms with Gasteiger partial charge in [0.05, 0.1) is 0 Å². The van der Waals surface area contributed by atoms with E-state index in [0.29, 0.717) is 0 Å². The van der Waals surface area contributed by atoms with Gasteiger partial charge in [-0.2, -0.15) is 13.2 Å². The molecule has 3 nitrogen and oxygen atoms in total. The van der Waals surface area contributed by atoms with E-state index in [0.717, 1.165) is 0 Å². The predicted octanol–water partition coefficient (Wildman–Crippen LogP) is 2.61. The van der Waals surface area contributed by atoms with Crippen LogP contribution in [0.3, 0.4) is 0 Å². The minimum absolute atomic E-state index is 0.0737. The molecule has 0 radical (unpaired) electrons. The fraction of sp³-hybridized carbons (Fsp3) is 0.889. The van der Waals surface area contributed by atoms with Crippen molar-refractivity contribution in [1.29, 1.82) is 0 Å². The Morgan fingerprint density at radius 2 is 1.73 bits per heavy atom. The van der Waals surface area contributed by atoms with Crippen LogP contribution >= 0.6 is 0 Å². The summed E-state index contributed by atoms with van der Waals surface area (Å²) in [5.74, 6) is 0. The topological polar surface area (TPSA) is 38.3 Å². The Morgan fingerprint density at radius 1 is 1.27 bits per heavy atom. The fourth-order valence-electron chi connectivity index (χ4n) is 1.10. The Balaban J connectivity index is 2.53. The van der Waals surface area contributed by atoms with Crippen LogP contribution in [0.5, 0.6) is 0 Å². The molecule has 1 aliphatic carbocycles. The molecule has 1 fully saturated rings. The number of nitrogens with one attached hydrogen (secondary N) is 1. The van der Waals surface area contributed by atoms with E-state index in [9.17, 15) is 18.0 Å². The molecule has 0 aromatic carbocycles. The summed E-state index contributed by atoms with van der Waals surface area (Å²) in [6, 6.07) is 0. The van der Waals surface area contributed by atoms with Crippen molar-refractivity contribution in [2.75, 3.05) is 0 Å². The Bertz CT molecular complexity index is 264. The number of alkyl halides is 3. The quantitative estimate of drug-likeness (QED) is 0.744. The highest BCUT2D eigenvalue weighted by Gasteiger charge is 2.64. The third-order valence-electron chi connectivity index (χ3n) is 2.03. The second-order valence-corrected chi connectivity index (χ2v) is 4.71. The number of ether oxygens (including phenoxy) is 1. The van der Waals surface area contributed by atoms with E-state index in [1.165, 1.54) is 0 Å². The van der Waals surface area contributed by atoms with Crippen molar-refractivity contribution in [3.63, 3.8) is 0 Å². The van der Waals surface area contributed by atoms with Crippen LogP contribution in [0.2, 0.25) is 0 Å². The van der Waals surface area contributed by atoms with Crippen LogP contribution in [0, 0.1) is 0 Å². The lowest BCUT2D eigenvalue weighted by Gasteiger charge is -2.24. The zero-order valence-corrected chi connectivity index (χ0v) is 8.86. The molecule has 1 saturated carbocycles. The highest BCUT2D eigenvalue weighted by atomic mass is 19.4. The summed E-state index contributed by atoms with van der Waals surface area (Å²) in [5.41, 5.74) is -2.83. The zero-order chi connectivity index (χ0) is 11.9. The van der Waals surface area contributed by atoms with Gasteiger partial charge in [-0.3, -0.25) is 0 Å². The maximum atomic E-state index is 12.4. The lowest BCUT2D eigenvalue weighted by molar-refractivity contribution is -0.164. The van der Waals surface area contributed by atoms with Crippen LogP contribution in [-0.4, -0.2) is 23.4 Å². The van der Waals surface area contributed by atoms with E-state index in [4.69, 9.17) is 4.74 Å². The van der Waals surface area contributed by atoms with E-state index in [1.54, 1.807) is 20.8 Å². The minimum Gasteiger partial charge on any atom is -0.444 e. The molecule has 1 amide bonds. The molecule has 0 spiro atoms. The summed E-state index contributed by atoms with van der Waals surface area (Å²) in [4.78, 5) is 11.1. The molecule has 0 aliphatic heterocycles. The number of hydrogen-bond acceptors (Lipinski definition) is 2. The van der Waals surface area contributed by atoms with Gasteiger partial charge in [0, 0.05) is 0 Å². The average Bonchev–Trinajstić information content (AvgIpc) is 2.61. The molecule has 0 bridgehead atoms. The van der Waals surface area contributed by atoms with Gasteiger partial charge in [0.2, 0.25) is 0 Å². The molecular weight excluding hydrogens is 211 g/mol. The van der Waals surface area contributed by atoms with Crippen molar-refractivity contribution in [2.45, 2.75) is 50.9 Å². The van der Waals surface area contributed by atoms with Crippen LogP contribution in [0.1, 0.15) is 33.6 Å².